The maximum atomic E-state index is 11.0. The molecule has 2 heteroatoms. The van der Waals surface area contributed by atoms with Crippen molar-refractivity contribution in [3.63, 3.8) is 0 Å². The third-order valence-corrected chi connectivity index (χ3v) is 3.63. The predicted molar refractivity (Wildman–Crippen MR) is 68.3 cm³/mol. The molecule has 2 rings (SSSR count). The Balaban J connectivity index is 2.40. The number of hydrogen-bond donors (Lipinski definition) is 1. The van der Waals surface area contributed by atoms with Crippen LogP contribution in [0.2, 0.25) is 0 Å². The Morgan fingerprint density at radius 3 is 2.82 bits per heavy atom. The molecular weight excluding hydrogens is 212 g/mol. The summed E-state index contributed by atoms with van der Waals surface area (Å²) in [5.41, 5.74) is 4.06. The summed E-state index contributed by atoms with van der Waals surface area (Å²) in [6.45, 7) is 6.55. The summed E-state index contributed by atoms with van der Waals surface area (Å²) < 4.78 is 0. The van der Waals surface area contributed by atoms with Gasteiger partial charge in [-0.15, -0.1) is 0 Å². The number of aliphatic carboxylic acids is 1. The summed E-state index contributed by atoms with van der Waals surface area (Å²) in [6, 6.07) is 6.42. The molecule has 0 aliphatic heterocycles. The smallest absolute Gasteiger partial charge is 0.303 e. The molecule has 0 aromatic heterocycles. The molecule has 2 nitrogen and oxygen atoms in total. The second-order valence-corrected chi connectivity index (χ2v) is 6.04. The van der Waals surface area contributed by atoms with E-state index in [0.29, 0.717) is 0 Å². The molecule has 92 valence electrons. The first kappa shape index (κ1) is 12.2. The molecule has 1 atom stereocenters. The largest absolute Gasteiger partial charge is 0.481 e. The molecule has 0 radical (unpaired) electrons. The minimum atomic E-state index is -0.695. The maximum absolute atomic E-state index is 11.0. The first-order valence-electron chi connectivity index (χ1n) is 6.19. The van der Waals surface area contributed by atoms with Gasteiger partial charge in [0.05, 0.1) is 6.42 Å². The van der Waals surface area contributed by atoms with Crippen LogP contribution in [-0.2, 0) is 11.2 Å². The number of carboxylic acids is 1. The molecule has 1 N–H and O–H groups in total. The third kappa shape index (κ3) is 2.68. The summed E-state index contributed by atoms with van der Waals surface area (Å²) in [7, 11) is 0. The Kier molecular flexibility index (Phi) is 2.98. The highest BCUT2D eigenvalue weighted by molar-refractivity contribution is 5.68. The van der Waals surface area contributed by atoms with Gasteiger partial charge in [-0.05, 0) is 42.2 Å². The highest BCUT2D eigenvalue weighted by atomic mass is 16.4. The summed E-state index contributed by atoms with van der Waals surface area (Å²) in [5, 5.41) is 9.02. The molecule has 0 saturated heterocycles. The number of aryl methyl sites for hydroxylation is 1. The average molecular weight is 232 g/mol. The standard InChI is InChI=1S/C15H20O2/c1-10-4-5-13-11(6-10)8-15(2,3)9-12(13)7-14(16)17/h4-6,12H,7-9H2,1-3H3,(H,16,17). The zero-order chi connectivity index (χ0) is 12.6. The normalized spacial score (nSPS) is 21.9. The molecule has 1 aliphatic rings. The number of benzene rings is 1. The summed E-state index contributed by atoms with van der Waals surface area (Å²) in [4.78, 5) is 11.0. The van der Waals surface area contributed by atoms with Gasteiger partial charge in [0, 0.05) is 0 Å². The summed E-state index contributed by atoms with van der Waals surface area (Å²) in [5.74, 6) is -0.522. The van der Waals surface area contributed by atoms with Gasteiger partial charge < -0.3 is 5.11 Å². The highest BCUT2D eigenvalue weighted by Crippen LogP contribution is 2.43. The topological polar surface area (TPSA) is 37.3 Å². The summed E-state index contributed by atoms with van der Waals surface area (Å²) in [6.07, 6.45) is 2.27. The molecule has 1 unspecified atom stereocenters. The van der Waals surface area contributed by atoms with Crippen LogP contribution >= 0.6 is 0 Å². The van der Waals surface area contributed by atoms with E-state index < -0.39 is 5.97 Å². The van der Waals surface area contributed by atoms with Gasteiger partial charge >= 0.3 is 5.97 Å². The Labute approximate surface area is 103 Å². The zero-order valence-electron chi connectivity index (χ0n) is 10.8. The third-order valence-electron chi connectivity index (χ3n) is 3.63. The van der Waals surface area contributed by atoms with Gasteiger partial charge in [-0.3, -0.25) is 4.79 Å². The second-order valence-electron chi connectivity index (χ2n) is 6.04. The lowest BCUT2D eigenvalue weighted by Crippen LogP contribution is -2.27. The SMILES string of the molecule is Cc1ccc2c(c1)CC(C)(C)CC2CC(=O)O. The number of carbonyl (C=O) groups is 1. The van der Waals surface area contributed by atoms with E-state index in [1.165, 1.54) is 16.7 Å². The van der Waals surface area contributed by atoms with Crippen molar-refractivity contribution < 1.29 is 9.90 Å². The van der Waals surface area contributed by atoms with Crippen LogP contribution in [0.1, 0.15) is 49.3 Å². The molecule has 0 amide bonds. The van der Waals surface area contributed by atoms with E-state index in [9.17, 15) is 4.79 Å². The van der Waals surface area contributed by atoms with Gasteiger partial charge in [-0.2, -0.15) is 0 Å². The van der Waals surface area contributed by atoms with Crippen molar-refractivity contribution in [3.8, 4) is 0 Å². The monoisotopic (exact) mass is 232 g/mol. The van der Waals surface area contributed by atoms with Crippen molar-refractivity contribution in [1.29, 1.82) is 0 Å². The van der Waals surface area contributed by atoms with Crippen LogP contribution in [0.4, 0.5) is 0 Å². The van der Waals surface area contributed by atoms with E-state index in [2.05, 4.69) is 39.0 Å². The van der Waals surface area contributed by atoms with Gasteiger partial charge in [0.1, 0.15) is 0 Å². The van der Waals surface area contributed by atoms with Crippen LogP contribution in [0.15, 0.2) is 18.2 Å². The van der Waals surface area contributed by atoms with Crippen LogP contribution in [-0.4, -0.2) is 11.1 Å². The van der Waals surface area contributed by atoms with Crippen molar-refractivity contribution in [2.45, 2.75) is 46.0 Å². The molecule has 1 aliphatic carbocycles. The Morgan fingerprint density at radius 1 is 1.47 bits per heavy atom. The fraction of sp³-hybridized carbons (Fsp3) is 0.533. The highest BCUT2D eigenvalue weighted by Gasteiger charge is 2.33. The van der Waals surface area contributed by atoms with E-state index in [-0.39, 0.29) is 17.8 Å². The Morgan fingerprint density at radius 2 is 2.18 bits per heavy atom. The molecule has 0 heterocycles. The lowest BCUT2D eigenvalue weighted by atomic mass is 9.68. The predicted octanol–water partition coefficient (Wildman–Crippen LogP) is 3.53. The van der Waals surface area contributed by atoms with Gasteiger partial charge in [0.15, 0.2) is 0 Å². The van der Waals surface area contributed by atoms with Crippen molar-refractivity contribution in [1.82, 2.24) is 0 Å². The zero-order valence-corrected chi connectivity index (χ0v) is 10.8. The van der Waals surface area contributed by atoms with E-state index in [4.69, 9.17) is 5.11 Å². The van der Waals surface area contributed by atoms with Crippen molar-refractivity contribution in [2.75, 3.05) is 0 Å². The van der Waals surface area contributed by atoms with Gasteiger partial charge in [-0.25, -0.2) is 0 Å². The van der Waals surface area contributed by atoms with Crippen LogP contribution in [0, 0.1) is 12.3 Å². The average Bonchev–Trinajstić information content (AvgIpc) is 2.13. The lowest BCUT2D eigenvalue weighted by Gasteiger charge is -2.36. The van der Waals surface area contributed by atoms with Gasteiger partial charge in [0.2, 0.25) is 0 Å². The molecular formula is C15H20O2. The van der Waals surface area contributed by atoms with Crippen LogP contribution in [0.25, 0.3) is 0 Å². The first-order valence-corrected chi connectivity index (χ1v) is 6.19. The quantitative estimate of drug-likeness (QED) is 0.847. The van der Waals surface area contributed by atoms with Crippen molar-refractivity contribution in [2.24, 2.45) is 5.41 Å². The molecule has 0 fully saturated rings. The molecule has 0 bridgehead atoms. The molecule has 1 aromatic rings. The maximum Gasteiger partial charge on any atom is 0.303 e. The number of carboxylic acid groups (broad SMARTS) is 1. The van der Waals surface area contributed by atoms with Gasteiger partial charge in [-0.1, -0.05) is 37.6 Å². The van der Waals surface area contributed by atoms with Crippen molar-refractivity contribution in [3.05, 3.63) is 34.9 Å². The second kappa shape index (κ2) is 4.17. The van der Waals surface area contributed by atoms with Crippen LogP contribution in [0.5, 0.6) is 0 Å². The number of fused-ring (bicyclic) bond motifs is 1. The number of hydrogen-bond acceptors (Lipinski definition) is 1. The Hall–Kier alpha value is -1.31. The van der Waals surface area contributed by atoms with E-state index >= 15 is 0 Å². The first-order chi connectivity index (χ1) is 7.87. The van der Waals surface area contributed by atoms with Crippen molar-refractivity contribution >= 4 is 5.97 Å². The lowest BCUT2D eigenvalue weighted by molar-refractivity contribution is -0.137. The number of rotatable bonds is 2. The van der Waals surface area contributed by atoms with E-state index in [1.807, 2.05) is 0 Å². The molecule has 0 spiro atoms. The molecule has 0 saturated carbocycles. The van der Waals surface area contributed by atoms with E-state index in [0.717, 1.165) is 12.8 Å². The Bertz CT molecular complexity index is 446. The fourth-order valence-corrected chi connectivity index (χ4v) is 3.04. The minimum absolute atomic E-state index is 0.173. The van der Waals surface area contributed by atoms with Gasteiger partial charge in [0.25, 0.3) is 0 Å². The van der Waals surface area contributed by atoms with Crippen LogP contribution in [0.3, 0.4) is 0 Å². The van der Waals surface area contributed by atoms with Crippen LogP contribution < -0.4 is 0 Å². The van der Waals surface area contributed by atoms with E-state index in [1.54, 1.807) is 0 Å². The molecule has 17 heavy (non-hydrogen) atoms. The fourth-order valence-electron chi connectivity index (χ4n) is 3.04. The molecule has 1 aromatic carbocycles. The minimum Gasteiger partial charge on any atom is -0.481 e. The summed E-state index contributed by atoms with van der Waals surface area (Å²) >= 11 is 0.